The van der Waals surface area contributed by atoms with Gasteiger partial charge in [-0.1, -0.05) is 54.7 Å². The predicted molar refractivity (Wildman–Crippen MR) is 198 cm³/mol. The van der Waals surface area contributed by atoms with Crippen LogP contribution in [0.3, 0.4) is 0 Å². The monoisotopic (exact) mass is 722 g/mol. The molecule has 0 spiro atoms. The second-order valence-electron chi connectivity index (χ2n) is 16.5. The van der Waals surface area contributed by atoms with Gasteiger partial charge in [0.05, 0.1) is 39.3 Å². The average molecular weight is 723 g/mol. The molecule has 0 amide bonds. The van der Waals surface area contributed by atoms with E-state index in [1.54, 1.807) is 42.3 Å². The molecule has 5 aliphatic carbocycles. The summed E-state index contributed by atoms with van der Waals surface area (Å²) < 4.78 is 27.7. The van der Waals surface area contributed by atoms with Gasteiger partial charge in [-0.15, -0.1) is 0 Å². The minimum absolute atomic E-state index is 0.0944. The molecular formula is C41H70O10. The number of esters is 4. The Bertz CT molecular complexity index is 1180. The van der Waals surface area contributed by atoms with E-state index in [1.165, 1.54) is 59.2 Å². The van der Waals surface area contributed by atoms with E-state index in [0.717, 1.165) is 0 Å². The number of methoxy groups -OCH3 is 4. The van der Waals surface area contributed by atoms with Crippen LogP contribution in [0, 0.1) is 57.2 Å². The molecule has 7 fully saturated rings. The summed E-state index contributed by atoms with van der Waals surface area (Å²) in [6.07, 6.45) is 8.84. The smallest absolute Gasteiger partial charge is 0.332 e. The van der Waals surface area contributed by atoms with Crippen LogP contribution >= 0.6 is 0 Å². The Morgan fingerprint density at radius 2 is 0.980 bits per heavy atom. The third kappa shape index (κ3) is 10.0. The summed E-state index contributed by atoms with van der Waals surface area (Å²) in [5.74, 6) is 2.23. The Morgan fingerprint density at radius 3 is 1.33 bits per heavy atom. The van der Waals surface area contributed by atoms with E-state index in [2.05, 4.69) is 73.6 Å². The Morgan fingerprint density at radius 1 is 0.627 bits per heavy atom. The zero-order valence-corrected chi connectivity index (χ0v) is 34.3. The number of carbonyl (C=O) groups excluding carboxylic acids is 4. The maximum Gasteiger partial charge on any atom is 0.332 e. The van der Waals surface area contributed by atoms with Gasteiger partial charge < -0.3 is 28.4 Å². The van der Waals surface area contributed by atoms with Crippen molar-refractivity contribution in [3.8, 4) is 0 Å². The highest BCUT2D eigenvalue weighted by atomic mass is 16.5. The fraction of sp³-hybridized carbons (Fsp3) is 0.805. The highest BCUT2D eigenvalue weighted by Crippen LogP contribution is 2.71. The second kappa shape index (κ2) is 19.4. The van der Waals surface area contributed by atoms with Crippen molar-refractivity contribution in [1.29, 1.82) is 0 Å². The molecule has 2 heterocycles. The van der Waals surface area contributed by atoms with E-state index in [4.69, 9.17) is 9.47 Å². The number of rotatable bonds is 4. The lowest BCUT2D eigenvalue weighted by Gasteiger charge is -2.59. The topological polar surface area (TPSA) is 124 Å². The van der Waals surface area contributed by atoms with Gasteiger partial charge in [-0.2, -0.15) is 0 Å². The number of fused-ring (bicyclic) bond motifs is 7. The van der Waals surface area contributed by atoms with Crippen LogP contribution in [-0.2, 0) is 47.6 Å². The molecule has 4 bridgehead atoms. The molecule has 10 heteroatoms. The lowest BCUT2D eigenvalue weighted by Crippen LogP contribution is -2.55. The van der Waals surface area contributed by atoms with E-state index in [1.807, 2.05) is 0 Å². The Labute approximate surface area is 308 Å². The first-order chi connectivity index (χ1) is 23.7. The van der Waals surface area contributed by atoms with Crippen LogP contribution in [0.25, 0.3) is 0 Å². The van der Waals surface area contributed by atoms with Gasteiger partial charge in [-0.05, 0) is 92.3 Å². The quantitative estimate of drug-likeness (QED) is 0.163. The van der Waals surface area contributed by atoms with Gasteiger partial charge >= 0.3 is 23.9 Å². The summed E-state index contributed by atoms with van der Waals surface area (Å²) in [5.41, 5.74) is 2.17. The minimum atomic E-state index is -0.347. The molecule has 5 saturated carbocycles. The molecule has 6 atom stereocenters. The van der Waals surface area contributed by atoms with E-state index < -0.39 is 0 Å². The third-order valence-electron chi connectivity index (χ3n) is 12.7. The molecule has 294 valence electrons. The fourth-order valence-electron chi connectivity index (χ4n) is 9.75. The molecule has 0 aromatic heterocycles. The normalized spacial score (nSPS) is 34.1. The number of cyclic esters (lactones) is 2. The maximum atomic E-state index is 11.9. The summed E-state index contributed by atoms with van der Waals surface area (Å²) in [4.78, 5) is 44.2. The standard InChI is InChI=1S/C14H22O2.C13H20O2.2C5H8O2.2C2H6O/c1-9(2)14-6-4-13(3,5-7-14)11-10(14)8-16-12(11)15;1-8(2)13-5-4-12(3,7-13)9-6-15-11(14)10(9)13;2*1-4(2)5(6)7-3;2*1-3-2/h9-11H,4-8H2,1-3H3;8-10H,4-7H2,1-3H3;2*1H2,2-3H3;2*1-2H3. The summed E-state index contributed by atoms with van der Waals surface area (Å²) in [6.45, 7) is 25.2. The summed E-state index contributed by atoms with van der Waals surface area (Å²) in [7, 11) is 9.16. The minimum Gasteiger partial charge on any atom is -0.466 e. The van der Waals surface area contributed by atoms with Gasteiger partial charge in [0, 0.05) is 51.4 Å². The lowest BCUT2D eigenvalue weighted by atomic mass is 9.43. The molecule has 0 aromatic rings. The van der Waals surface area contributed by atoms with E-state index in [-0.39, 0.29) is 46.5 Å². The first-order valence-electron chi connectivity index (χ1n) is 18.3. The van der Waals surface area contributed by atoms with Crippen LogP contribution < -0.4 is 0 Å². The van der Waals surface area contributed by atoms with Crippen molar-refractivity contribution >= 4 is 23.9 Å². The number of hydrogen-bond donors (Lipinski definition) is 0. The SMILES string of the molecule is C=C(C)C(=O)OC.C=C(C)C(=O)OC.CC(C)C12CCC(C)(C1)C1COC(=O)C12.CC(C)C12CCC(C)(CC1)C1C(=O)OCC12.COC.COC. The fourth-order valence-corrected chi connectivity index (χ4v) is 9.75. The Kier molecular flexibility index (Phi) is 17.6. The Hall–Kier alpha value is -2.72. The molecule has 7 aliphatic rings. The van der Waals surface area contributed by atoms with Crippen molar-refractivity contribution in [3.05, 3.63) is 24.3 Å². The number of carbonyl (C=O) groups is 4. The lowest BCUT2D eigenvalue weighted by molar-refractivity contribution is -0.155. The van der Waals surface area contributed by atoms with Gasteiger partial charge in [-0.3, -0.25) is 9.59 Å². The Balaban J connectivity index is 0.000000342. The van der Waals surface area contributed by atoms with Crippen LogP contribution in [0.2, 0.25) is 0 Å². The van der Waals surface area contributed by atoms with Crippen molar-refractivity contribution in [2.75, 3.05) is 55.9 Å². The maximum absolute atomic E-state index is 11.9. The van der Waals surface area contributed by atoms with Crippen molar-refractivity contribution in [2.24, 2.45) is 57.2 Å². The van der Waals surface area contributed by atoms with Crippen molar-refractivity contribution in [3.63, 3.8) is 0 Å². The number of ether oxygens (including phenoxy) is 6. The first kappa shape index (κ1) is 46.3. The predicted octanol–water partition coefficient (Wildman–Crippen LogP) is 7.63. The van der Waals surface area contributed by atoms with E-state index in [9.17, 15) is 19.2 Å². The zero-order valence-electron chi connectivity index (χ0n) is 34.3. The molecule has 0 N–H and O–H groups in total. The molecule has 7 rings (SSSR count). The molecule has 0 aromatic carbocycles. The van der Waals surface area contributed by atoms with Crippen molar-refractivity contribution in [1.82, 2.24) is 0 Å². The van der Waals surface area contributed by atoms with Crippen LogP contribution in [0.4, 0.5) is 0 Å². The van der Waals surface area contributed by atoms with Crippen LogP contribution in [0.15, 0.2) is 24.3 Å². The van der Waals surface area contributed by atoms with Gasteiger partial charge in [0.1, 0.15) is 0 Å². The summed E-state index contributed by atoms with van der Waals surface area (Å²) in [6, 6.07) is 0. The van der Waals surface area contributed by atoms with E-state index in [0.29, 0.717) is 58.9 Å². The molecule has 2 aliphatic heterocycles. The van der Waals surface area contributed by atoms with Gasteiger partial charge in [0.25, 0.3) is 0 Å². The van der Waals surface area contributed by atoms with Gasteiger partial charge in [0.2, 0.25) is 0 Å². The molecule has 6 unspecified atom stereocenters. The first-order valence-corrected chi connectivity index (χ1v) is 18.3. The molecule has 2 saturated heterocycles. The van der Waals surface area contributed by atoms with Gasteiger partial charge in [0.15, 0.2) is 0 Å². The highest BCUT2D eigenvalue weighted by Gasteiger charge is 2.69. The van der Waals surface area contributed by atoms with Gasteiger partial charge in [-0.25, -0.2) is 9.59 Å². The van der Waals surface area contributed by atoms with Crippen LogP contribution in [0.5, 0.6) is 0 Å². The van der Waals surface area contributed by atoms with Crippen LogP contribution in [0.1, 0.15) is 100 Å². The van der Waals surface area contributed by atoms with Crippen molar-refractivity contribution in [2.45, 2.75) is 100 Å². The second-order valence-corrected chi connectivity index (χ2v) is 16.5. The van der Waals surface area contributed by atoms with E-state index >= 15 is 0 Å². The third-order valence-corrected chi connectivity index (χ3v) is 12.7. The zero-order chi connectivity index (χ0) is 39.5. The molecular weight excluding hydrogens is 652 g/mol. The molecule has 0 radical (unpaired) electrons. The van der Waals surface area contributed by atoms with Crippen LogP contribution in [-0.4, -0.2) is 79.7 Å². The molecule has 10 nitrogen and oxygen atoms in total. The number of hydrogen-bond acceptors (Lipinski definition) is 10. The van der Waals surface area contributed by atoms with Crippen molar-refractivity contribution < 1.29 is 47.6 Å². The summed E-state index contributed by atoms with van der Waals surface area (Å²) >= 11 is 0. The average Bonchev–Trinajstić information content (AvgIpc) is 3.84. The highest BCUT2D eigenvalue weighted by molar-refractivity contribution is 5.87. The summed E-state index contributed by atoms with van der Waals surface area (Å²) in [5, 5.41) is 0. The molecule has 51 heavy (non-hydrogen) atoms. The largest absolute Gasteiger partial charge is 0.466 e.